The summed E-state index contributed by atoms with van der Waals surface area (Å²) in [6.07, 6.45) is 1.55. The second kappa shape index (κ2) is 12.1. The van der Waals surface area contributed by atoms with Crippen molar-refractivity contribution >= 4 is 27.8 Å². The number of amides is 1. The summed E-state index contributed by atoms with van der Waals surface area (Å²) in [6.45, 7) is 5.32. The van der Waals surface area contributed by atoms with E-state index in [-0.39, 0.29) is 10.6 Å². The number of methoxy groups -OCH3 is 2. The van der Waals surface area contributed by atoms with Crippen LogP contribution in [0.1, 0.15) is 22.5 Å². The van der Waals surface area contributed by atoms with Gasteiger partial charge in [-0.1, -0.05) is 35.9 Å². The van der Waals surface area contributed by atoms with Crippen molar-refractivity contribution in [3.05, 3.63) is 101 Å². The Morgan fingerprint density at radius 1 is 0.925 bits per heavy atom. The maximum atomic E-state index is 13.7. The third-order valence-corrected chi connectivity index (χ3v) is 8.22. The van der Waals surface area contributed by atoms with E-state index in [9.17, 15) is 13.2 Å². The monoisotopic (exact) mass is 560 g/mol. The number of anilines is 1. The van der Waals surface area contributed by atoms with Crippen molar-refractivity contribution < 1.29 is 22.7 Å². The van der Waals surface area contributed by atoms with Gasteiger partial charge in [-0.25, -0.2) is 13.8 Å². The number of nitrogens with one attached hydrogen (secondary N) is 1. The predicted molar refractivity (Wildman–Crippen MR) is 156 cm³/mol. The van der Waals surface area contributed by atoms with E-state index < -0.39 is 22.5 Å². The van der Waals surface area contributed by atoms with Crippen LogP contribution in [0.25, 0.3) is 5.69 Å². The summed E-state index contributed by atoms with van der Waals surface area (Å²) in [5, 5.41) is 4.12. The highest BCUT2D eigenvalue weighted by molar-refractivity contribution is 7.92. The van der Waals surface area contributed by atoms with E-state index in [0.29, 0.717) is 11.5 Å². The lowest BCUT2D eigenvalue weighted by Gasteiger charge is -2.24. The van der Waals surface area contributed by atoms with Gasteiger partial charge in [0.05, 0.1) is 31.0 Å². The van der Waals surface area contributed by atoms with Crippen molar-refractivity contribution in [2.75, 3.05) is 25.1 Å². The Balaban J connectivity index is 1.60. The fourth-order valence-corrected chi connectivity index (χ4v) is 5.78. The Kier molecular flexibility index (Phi) is 8.59. The van der Waals surface area contributed by atoms with Gasteiger partial charge in [0.1, 0.15) is 6.54 Å². The smallest absolute Gasteiger partial charge is 0.264 e. The summed E-state index contributed by atoms with van der Waals surface area (Å²) in [5.41, 5.74) is 7.44. The van der Waals surface area contributed by atoms with Gasteiger partial charge in [-0.3, -0.25) is 9.10 Å². The fraction of sp³-hybridized carbons (Fsp3) is 0.200. The van der Waals surface area contributed by atoms with E-state index in [0.717, 1.165) is 32.5 Å². The van der Waals surface area contributed by atoms with E-state index in [1.807, 2.05) is 57.2 Å². The Labute approximate surface area is 234 Å². The Morgan fingerprint density at radius 3 is 2.25 bits per heavy atom. The molecule has 0 aliphatic rings. The molecule has 3 aromatic carbocycles. The van der Waals surface area contributed by atoms with Crippen molar-refractivity contribution in [3.8, 4) is 17.2 Å². The van der Waals surface area contributed by atoms with Crippen LogP contribution in [-0.2, 0) is 14.8 Å². The van der Waals surface area contributed by atoms with E-state index in [1.165, 1.54) is 32.4 Å². The van der Waals surface area contributed by atoms with Crippen LogP contribution in [0.2, 0.25) is 0 Å². The van der Waals surface area contributed by atoms with Gasteiger partial charge in [0.2, 0.25) is 0 Å². The number of carbonyl (C=O) groups excluding carboxylic acids is 1. The lowest BCUT2D eigenvalue weighted by atomic mass is 10.2. The third-order valence-electron chi connectivity index (χ3n) is 6.43. The maximum absolute atomic E-state index is 13.7. The molecule has 0 aliphatic heterocycles. The van der Waals surface area contributed by atoms with Gasteiger partial charge in [0.15, 0.2) is 11.5 Å². The average molecular weight is 561 g/mol. The van der Waals surface area contributed by atoms with Gasteiger partial charge in [-0.05, 0) is 63.2 Å². The number of hydrazone groups is 1. The minimum absolute atomic E-state index is 0.0533. The highest BCUT2D eigenvalue weighted by Crippen LogP contribution is 2.33. The summed E-state index contributed by atoms with van der Waals surface area (Å²) in [7, 11) is -1.16. The first-order chi connectivity index (χ1) is 19.1. The number of rotatable bonds is 10. The summed E-state index contributed by atoms with van der Waals surface area (Å²) in [4.78, 5) is 13.1. The van der Waals surface area contributed by atoms with E-state index in [2.05, 4.69) is 15.1 Å². The maximum Gasteiger partial charge on any atom is 0.264 e. The highest BCUT2D eigenvalue weighted by atomic mass is 32.2. The molecule has 4 rings (SSSR count). The molecule has 1 aromatic heterocycles. The molecule has 0 saturated carbocycles. The third kappa shape index (κ3) is 6.02. The molecule has 0 atom stereocenters. The van der Waals surface area contributed by atoms with Crippen molar-refractivity contribution in [2.24, 2.45) is 5.10 Å². The van der Waals surface area contributed by atoms with Crippen molar-refractivity contribution in [1.29, 1.82) is 0 Å². The van der Waals surface area contributed by atoms with E-state index in [4.69, 9.17) is 9.47 Å². The van der Waals surface area contributed by atoms with E-state index in [1.54, 1.807) is 30.5 Å². The number of nitrogens with zero attached hydrogens (tertiary/aromatic N) is 3. The molecular weight excluding hydrogens is 528 g/mol. The second-order valence-electron chi connectivity index (χ2n) is 9.15. The first-order valence-corrected chi connectivity index (χ1v) is 14.0. The molecule has 1 amide bonds. The zero-order valence-corrected chi connectivity index (χ0v) is 23.9. The first-order valence-electron chi connectivity index (χ1n) is 12.5. The number of hydrogen-bond acceptors (Lipinski definition) is 6. The molecule has 0 spiro atoms. The second-order valence-corrected chi connectivity index (χ2v) is 11.0. The number of aryl methyl sites for hydroxylation is 2. The minimum Gasteiger partial charge on any atom is -0.493 e. The van der Waals surface area contributed by atoms with Gasteiger partial charge in [-0.2, -0.15) is 5.10 Å². The van der Waals surface area contributed by atoms with Crippen LogP contribution in [0.3, 0.4) is 0 Å². The number of sulfonamides is 1. The first kappa shape index (κ1) is 28.4. The molecule has 208 valence electrons. The van der Waals surface area contributed by atoms with Gasteiger partial charge >= 0.3 is 0 Å². The molecular formula is C30H32N4O5S. The average Bonchev–Trinajstić information content (AvgIpc) is 3.24. The molecule has 0 aliphatic carbocycles. The van der Waals surface area contributed by atoms with Crippen LogP contribution >= 0.6 is 0 Å². The fourth-order valence-electron chi connectivity index (χ4n) is 4.36. The van der Waals surface area contributed by atoms with Gasteiger partial charge in [-0.15, -0.1) is 0 Å². The van der Waals surface area contributed by atoms with Crippen LogP contribution in [-0.4, -0.2) is 45.9 Å². The van der Waals surface area contributed by atoms with E-state index >= 15 is 0 Å². The number of benzene rings is 3. The molecule has 40 heavy (non-hydrogen) atoms. The van der Waals surface area contributed by atoms with Crippen LogP contribution < -0.4 is 19.2 Å². The van der Waals surface area contributed by atoms with Crippen LogP contribution in [0.5, 0.6) is 11.5 Å². The topological polar surface area (TPSA) is 102 Å². The lowest BCUT2D eigenvalue weighted by molar-refractivity contribution is -0.119. The highest BCUT2D eigenvalue weighted by Gasteiger charge is 2.28. The number of hydrogen-bond donors (Lipinski definition) is 1. The SMILES string of the molecule is COc1ccc(N(CC(=O)N/N=C\c2cc(C)n(-c3ccccc3)c2C)S(=O)(=O)c2ccc(C)cc2)cc1OC. The molecule has 4 aromatic rings. The predicted octanol–water partition coefficient (Wildman–Crippen LogP) is 4.77. The largest absolute Gasteiger partial charge is 0.493 e. The minimum atomic E-state index is -4.11. The van der Waals surface area contributed by atoms with Crippen molar-refractivity contribution in [2.45, 2.75) is 25.7 Å². The van der Waals surface area contributed by atoms with Crippen LogP contribution in [0.15, 0.2) is 88.9 Å². The summed E-state index contributed by atoms with van der Waals surface area (Å²) >= 11 is 0. The summed E-state index contributed by atoms with van der Waals surface area (Å²) in [6, 6.07) is 23.0. The number of aromatic nitrogens is 1. The van der Waals surface area contributed by atoms with Gasteiger partial charge in [0.25, 0.3) is 15.9 Å². The lowest BCUT2D eigenvalue weighted by Crippen LogP contribution is -2.39. The summed E-state index contributed by atoms with van der Waals surface area (Å²) in [5.74, 6) is 0.149. The summed E-state index contributed by atoms with van der Waals surface area (Å²) < 4.78 is 41.1. The molecule has 0 radical (unpaired) electrons. The quantitative estimate of drug-likeness (QED) is 0.223. The van der Waals surface area contributed by atoms with Crippen molar-refractivity contribution in [1.82, 2.24) is 9.99 Å². The molecule has 9 nitrogen and oxygen atoms in total. The molecule has 0 bridgehead atoms. The molecule has 1 N–H and O–H groups in total. The Morgan fingerprint density at radius 2 is 1.60 bits per heavy atom. The zero-order valence-electron chi connectivity index (χ0n) is 23.1. The Hall–Kier alpha value is -4.57. The van der Waals surface area contributed by atoms with Crippen LogP contribution in [0, 0.1) is 20.8 Å². The molecule has 0 fully saturated rings. The molecule has 1 heterocycles. The van der Waals surface area contributed by atoms with Crippen LogP contribution in [0.4, 0.5) is 5.69 Å². The number of para-hydroxylation sites is 1. The molecule has 10 heteroatoms. The zero-order chi connectivity index (χ0) is 28.9. The number of ether oxygens (including phenoxy) is 2. The Bertz CT molecular complexity index is 1630. The van der Waals surface area contributed by atoms with Gasteiger partial charge < -0.3 is 14.0 Å². The standard InChI is InChI=1S/C30H32N4O5S/c1-21-11-14-27(15-12-21)40(36,37)33(26-13-16-28(38-4)29(18-26)39-5)20-30(35)32-31-19-24-17-22(2)34(23(24)3)25-9-7-6-8-10-25/h6-19H,20H2,1-5H3,(H,32,35)/b31-19-. The molecule has 0 saturated heterocycles. The van der Waals surface area contributed by atoms with Gasteiger partial charge in [0, 0.05) is 28.7 Å². The molecule has 0 unspecified atom stereocenters. The normalized spacial score (nSPS) is 11.4. The van der Waals surface area contributed by atoms with Crippen molar-refractivity contribution in [3.63, 3.8) is 0 Å². The number of carbonyl (C=O) groups is 1.